The van der Waals surface area contributed by atoms with E-state index in [2.05, 4.69) is 6.92 Å². The molecule has 1 aliphatic rings. The van der Waals surface area contributed by atoms with Gasteiger partial charge in [0.25, 0.3) is 0 Å². The summed E-state index contributed by atoms with van der Waals surface area (Å²) in [6.07, 6.45) is 2.95. The summed E-state index contributed by atoms with van der Waals surface area (Å²) >= 11 is 4.85. The molecular formula is C12H23N3OS. The molecule has 1 rings (SSSR count). The highest BCUT2D eigenvalue weighted by atomic mass is 32.1. The van der Waals surface area contributed by atoms with E-state index in [9.17, 15) is 4.79 Å². The van der Waals surface area contributed by atoms with Crippen LogP contribution in [0.5, 0.6) is 0 Å². The predicted molar refractivity (Wildman–Crippen MR) is 74.0 cm³/mol. The largest absolute Gasteiger partial charge is 0.393 e. The van der Waals surface area contributed by atoms with Crippen LogP contribution in [-0.4, -0.2) is 47.0 Å². The summed E-state index contributed by atoms with van der Waals surface area (Å²) in [6, 6.07) is 0.135. The molecule has 1 unspecified atom stereocenters. The number of likely N-dealkylation sites (tertiary alicyclic amines) is 1. The molecule has 0 aliphatic carbocycles. The number of amides is 2. The number of hydrogen-bond acceptors (Lipinski definition) is 2. The quantitative estimate of drug-likeness (QED) is 0.782. The number of carbonyl (C=O) groups is 1. The number of nitrogens with zero attached hydrogens (tertiary/aromatic N) is 2. The van der Waals surface area contributed by atoms with Gasteiger partial charge in [0.1, 0.15) is 0 Å². The Hall–Kier alpha value is -0.840. The lowest BCUT2D eigenvalue weighted by Crippen LogP contribution is -2.47. The number of thiocarbonyl (C=S) groups is 1. The van der Waals surface area contributed by atoms with E-state index in [-0.39, 0.29) is 6.03 Å². The van der Waals surface area contributed by atoms with E-state index >= 15 is 0 Å². The normalized spacial score (nSPS) is 20.1. The van der Waals surface area contributed by atoms with Crippen LogP contribution in [-0.2, 0) is 0 Å². The van der Waals surface area contributed by atoms with Crippen molar-refractivity contribution in [2.45, 2.75) is 33.1 Å². The van der Waals surface area contributed by atoms with Gasteiger partial charge >= 0.3 is 6.03 Å². The van der Waals surface area contributed by atoms with Gasteiger partial charge in [-0.25, -0.2) is 4.79 Å². The van der Waals surface area contributed by atoms with Gasteiger partial charge in [-0.1, -0.05) is 19.1 Å². The highest BCUT2D eigenvalue weighted by Gasteiger charge is 2.24. The first-order valence-corrected chi connectivity index (χ1v) is 6.77. The number of urea groups is 1. The zero-order chi connectivity index (χ0) is 12.8. The van der Waals surface area contributed by atoms with Crippen molar-refractivity contribution in [3.05, 3.63) is 0 Å². The van der Waals surface area contributed by atoms with E-state index in [4.69, 9.17) is 18.0 Å². The molecule has 0 bridgehead atoms. The van der Waals surface area contributed by atoms with Gasteiger partial charge in [0.2, 0.25) is 0 Å². The second-order valence-electron chi connectivity index (χ2n) is 4.77. The molecule has 2 amide bonds. The van der Waals surface area contributed by atoms with Crippen LogP contribution in [0.2, 0.25) is 0 Å². The number of piperidine rings is 1. The van der Waals surface area contributed by atoms with E-state index in [1.165, 1.54) is 6.42 Å². The van der Waals surface area contributed by atoms with Crippen molar-refractivity contribution in [1.29, 1.82) is 0 Å². The third-order valence-electron chi connectivity index (χ3n) is 3.21. The molecule has 0 saturated carbocycles. The molecule has 0 aromatic heterocycles. The number of hydrogen-bond donors (Lipinski definition) is 1. The first-order valence-electron chi connectivity index (χ1n) is 6.36. The highest BCUT2D eigenvalue weighted by molar-refractivity contribution is 7.80. The lowest BCUT2D eigenvalue weighted by Gasteiger charge is -2.35. The van der Waals surface area contributed by atoms with Crippen LogP contribution in [0.4, 0.5) is 4.79 Å². The zero-order valence-electron chi connectivity index (χ0n) is 10.8. The van der Waals surface area contributed by atoms with Crippen molar-refractivity contribution < 1.29 is 4.79 Å². The second-order valence-corrected chi connectivity index (χ2v) is 5.30. The summed E-state index contributed by atoms with van der Waals surface area (Å²) in [6.45, 7) is 7.30. The molecule has 1 fully saturated rings. The Balaban J connectivity index is 2.49. The molecule has 2 N–H and O–H groups in total. The molecule has 0 spiro atoms. The van der Waals surface area contributed by atoms with Gasteiger partial charge in [-0.05, 0) is 25.7 Å². The van der Waals surface area contributed by atoms with E-state index in [0.29, 0.717) is 30.4 Å². The standard InChI is InChI=1S/C12H23N3OS/c1-3-14(8-6-11(13)17)12(16)15-7-4-5-10(2)9-15/h10H,3-9H2,1-2H3,(H2,13,17). The Labute approximate surface area is 109 Å². The summed E-state index contributed by atoms with van der Waals surface area (Å²) in [7, 11) is 0. The van der Waals surface area contributed by atoms with Crippen LogP contribution in [0.25, 0.3) is 0 Å². The average molecular weight is 257 g/mol. The minimum Gasteiger partial charge on any atom is -0.393 e. The van der Waals surface area contributed by atoms with Crippen molar-refractivity contribution in [1.82, 2.24) is 9.80 Å². The maximum absolute atomic E-state index is 12.3. The maximum Gasteiger partial charge on any atom is 0.320 e. The Kier molecular flexibility index (Phi) is 5.68. The zero-order valence-corrected chi connectivity index (χ0v) is 11.6. The Morgan fingerprint density at radius 1 is 1.59 bits per heavy atom. The van der Waals surface area contributed by atoms with E-state index in [1.807, 2.05) is 16.7 Å². The molecule has 1 heterocycles. The number of nitrogens with two attached hydrogens (primary N) is 1. The molecule has 98 valence electrons. The van der Waals surface area contributed by atoms with E-state index in [0.717, 1.165) is 19.5 Å². The summed E-state index contributed by atoms with van der Waals surface area (Å²) in [5, 5.41) is 0. The fourth-order valence-electron chi connectivity index (χ4n) is 2.20. The summed E-state index contributed by atoms with van der Waals surface area (Å²) in [4.78, 5) is 16.5. The van der Waals surface area contributed by atoms with Gasteiger partial charge in [-0.2, -0.15) is 0 Å². The van der Waals surface area contributed by atoms with Gasteiger partial charge in [0, 0.05) is 32.6 Å². The van der Waals surface area contributed by atoms with Gasteiger partial charge in [-0.3, -0.25) is 0 Å². The second kappa shape index (κ2) is 6.79. The van der Waals surface area contributed by atoms with Crippen molar-refractivity contribution in [2.24, 2.45) is 11.7 Å². The molecule has 1 atom stereocenters. The van der Waals surface area contributed by atoms with Gasteiger partial charge in [0.15, 0.2) is 0 Å². The highest BCUT2D eigenvalue weighted by Crippen LogP contribution is 2.16. The molecular weight excluding hydrogens is 234 g/mol. The molecule has 0 radical (unpaired) electrons. The third-order valence-corrected chi connectivity index (χ3v) is 3.41. The van der Waals surface area contributed by atoms with Gasteiger partial charge in [-0.15, -0.1) is 0 Å². The molecule has 0 aromatic carbocycles. The first-order chi connectivity index (χ1) is 8.04. The Morgan fingerprint density at radius 3 is 2.82 bits per heavy atom. The minimum atomic E-state index is 0.135. The smallest absolute Gasteiger partial charge is 0.320 e. The molecule has 1 aliphatic heterocycles. The molecule has 1 saturated heterocycles. The van der Waals surface area contributed by atoms with Crippen LogP contribution in [0, 0.1) is 5.92 Å². The van der Waals surface area contributed by atoms with Crippen LogP contribution < -0.4 is 5.73 Å². The number of rotatable bonds is 4. The summed E-state index contributed by atoms with van der Waals surface area (Å²) in [5.74, 6) is 0.613. The number of carbonyl (C=O) groups excluding carboxylic acids is 1. The molecule has 0 aromatic rings. The van der Waals surface area contributed by atoms with Gasteiger partial charge < -0.3 is 15.5 Å². The topological polar surface area (TPSA) is 49.6 Å². The van der Waals surface area contributed by atoms with Crippen molar-refractivity contribution in [3.8, 4) is 0 Å². The molecule has 17 heavy (non-hydrogen) atoms. The Morgan fingerprint density at radius 2 is 2.29 bits per heavy atom. The fraction of sp³-hybridized carbons (Fsp3) is 0.833. The van der Waals surface area contributed by atoms with Crippen molar-refractivity contribution in [3.63, 3.8) is 0 Å². The van der Waals surface area contributed by atoms with Crippen LogP contribution >= 0.6 is 12.2 Å². The lowest BCUT2D eigenvalue weighted by atomic mass is 10.0. The van der Waals surface area contributed by atoms with Gasteiger partial charge in [0.05, 0.1) is 4.99 Å². The Bertz CT molecular complexity index is 283. The van der Waals surface area contributed by atoms with E-state index < -0.39 is 0 Å². The minimum absolute atomic E-state index is 0.135. The molecule has 5 heteroatoms. The van der Waals surface area contributed by atoms with Crippen LogP contribution in [0.1, 0.15) is 33.1 Å². The first kappa shape index (κ1) is 14.2. The SMILES string of the molecule is CCN(CCC(N)=S)C(=O)N1CCCC(C)C1. The third kappa shape index (κ3) is 4.50. The van der Waals surface area contributed by atoms with E-state index in [1.54, 1.807) is 0 Å². The van der Waals surface area contributed by atoms with Crippen molar-refractivity contribution >= 4 is 23.2 Å². The fourth-order valence-corrected chi connectivity index (χ4v) is 2.29. The van der Waals surface area contributed by atoms with Crippen LogP contribution in [0.15, 0.2) is 0 Å². The average Bonchev–Trinajstić information content (AvgIpc) is 2.29. The van der Waals surface area contributed by atoms with Crippen molar-refractivity contribution in [2.75, 3.05) is 26.2 Å². The lowest BCUT2D eigenvalue weighted by molar-refractivity contribution is 0.134. The summed E-state index contributed by atoms with van der Waals surface area (Å²) in [5.41, 5.74) is 5.48. The molecule has 4 nitrogen and oxygen atoms in total. The maximum atomic E-state index is 12.3. The van der Waals surface area contributed by atoms with Crippen LogP contribution in [0.3, 0.4) is 0 Å². The summed E-state index contributed by atoms with van der Waals surface area (Å²) < 4.78 is 0. The monoisotopic (exact) mass is 257 g/mol. The predicted octanol–water partition coefficient (Wildman–Crippen LogP) is 1.84.